The maximum Gasteiger partial charge on any atom is 0.260 e. The minimum absolute atomic E-state index is 0.0553. The first-order valence-electron chi connectivity index (χ1n) is 6.48. The Kier molecular flexibility index (Phi) is 5.49. The van der Waals surface area contributed by atoms with Gasteiger partial charge in [-0.2, -0.15) is 0 Å². The van der Waals surface area contributed by atoms with Crippen molar-refractivity contribution in [2.45, 2.75) is 11.4 Å². The predicted molar refractivity (Wildman–Crippen MR) is 77.8 cm³/mol. The quantitative estimate of drug-likeness (QED) is 0.637. The highest BCUT2D eigenvalue weighted by Gasteiger charge is 2.23. The number of rotatable bonds is 6. The summed E-state index contributed by atoms with van der Waals surface area (Å²) in [7, 11) is -2.02. The number of sulfonamides is 1. The van der Waals surface area contributed by atoms with Crippen LogP contribution in [-0.4, -0.2) is 67.6 Å². The van der Waals surface area contributed by atoms with E-state index in [1.807, 2.05) is 0 Å². The fourth-order valence-corrected chi connectivity index (χ4v) is 4.28. The molecule has 114 valence electrons. The number of aryl methyl sites for hydroxylation is 1. The Morgan fingerprint density at radius 3 is 2.70 bits per heavy atom. The molecule has 0 atom stereocenters. The van der Waals surface area contributed by atoms with Crippen LogP contribution >= 0.6 is 15.9 Å². The van der Waals surface area contributed by atoms with Crippen molar-refractivity contribution in [3.63, 3.8) is 0 Å². The van der Waals surface area contributed by atoms with Gasteiger partial charge < -0.3 is 10.2 Å². The zero-order valence-corrected chi connectivity index (χ0v) is 13.7. The van der Waals surface area contributed by atoms with Crippen LogP contribution < -0.4 is 10.0 Å². The lowest BCUT2D eigenvalue weighted by Gasteiger charge is -2.27. The summed E-state index contributed by atoms with van der Waals surface area (Å²) in [6, 6.07) is 0. The van der Waals surface area contributed by atoms with Crippen LogP contribution in [0.4, 0.5) is 0 Å². The zero-order chi connectivity index (χ0) is 14.6. The van der Waals surface area contributed by atoms with Gasteiger partial charge in [-0.1, -0.05) is 5.21 Å². The molecule has 1 aliphatic rings. The van der Waals surface area contributed by atoms with E-state index >= 15 is 0 Å². The second-order valence-electron chi connectivity index (χ2n) is 4.65. The van der Waals surface area contributed by atoms with Gasteiger partial charge in [-0.25, -0.2) is 17.8 Å². The SMILES string of the molecule is Cn1nnc(Br)c1S(=O)(=O)NCCCN1CCNCC1. The lowest BCUT2D eigenvalue weighted by atomic mass is 10.3. The highest BCUT2D eigenvalue weighted by atomic mass is 79.9. The van der Waals surface area contributed by atoms with Gasteiger partial charge in [0.25, 0.3) is 10.0 Å². The molecule has 0 saturated carbocycles. The first kappa shape index (κ1) is 15.8. The Hall–Kier alpha value is -0.550. The number of nitrogens with one attached hydrogen (secondary N) is 2. The summed E-state index contributed by atoms with van der Waals surface area (Å²) in [5.74, 6) is 0. The number of hydrogen-bond acceptors (Lipinski definition) is 6. The summed E-state index contributed by atoms with van der Waals surface area (Å²) in [5.41, 5.74) is 0. The van der Waals surface area contributed by atoms with E-state index in [2.05, 4.69) is 41.2 Å². The molecule has 1 saturated heterocycles. The second kappa shape index (κ2) is 6.94. The van der Waals surface area contributed by atoms with Crippen molar-refractivity contribution in [2.75, 3.05) is 39.3 Å². The minimum atomic E-state index is -3.57. The topological polar surface area (TPSA) is 92.1 Å². The molecule has 0 unspecified atom stereocenters. The highest BCUT2D eigenvalue weighted by Crippen LogP contribution is 2.17. The molecule has 0 aliphatic carbocycles. The first-order valence-corrected chi connectivity index (χ1v) is 8.76. The van der Waals surface area contributed by atoms with E-state index in [9.17, 15) is 8.42 Å². The average Bonchev–Trinajstić information content (AvgIpc) is 2.76. The van der Waals surface area contributed by atoms with E-state index in [0.29, 0.717) is 6.54 Å². The predicted octanol–water partition coefficient (Wildman–Crippen LogP) is -0.849. The van der Waals surface area contributed by atoms with Crippen LogP contribution in [0.15, 0.2) is 9.63 Å². The molecule has 2 heterocycles. The van der Waals surface area contributed by atoms with E-state index in [-0.39, 0.29) is 9.63 Å². The number of piperazine rings is 1. The normalized spacial score (nSPS) is 17.5. The summed E-state index contributed by atoms with van der Waals surface area (Å²) in [6.07, 6.45) is 0.780. The molecule has 20 heavy (non-hydrogen) atoms. The van der Waals surface area contributed by atoms with Crippen molar-refractivity contribution < 1.29 is 8.42 Å². The molecule has 1 fully saturated rings. The van der Waals surface area contributed by atoms with Gasteiger partial charge in [0.05, 0.1) is 0 Å². The molecule has 0 amide bonds. The van der Waals surface area contributed by atoms with Gasteiger partial charge in [0.2, 0.25) is 5.03 Å². The molecular weight excluding hydrogens is 348 g/mol. The highest BCUT2D eigenvalue weighted by molar-refractivity contribution is 9.10. The van der Waals surface area contributed by atoms with Gasteiger partial charge in [-0.3, -0.25) is 0 Å². The third-order valence-corrected chi connectivity index (χ3v) is 5.49. The first-order chi connectivity index (χ1) is 9.50. The molecule has 1 aromatic rings. The number of hydrogen-bond donors (Lipinski definition) is 2. The summed E-state index contributed by atoms with van der Waals surface area (Å²) in [4.78, 5) is 2.33. The van der Waals surface area contributed by atoms with E-state index in [1.54, 1.807) is 7.05 Å². The summed E-state index contributed by atoms with van der Waals surface area (Å²) >= 11 is 3.10. The van der Waals surface area contributed by atoms with Gasteiger partial charge in [-0.15, -0.1) is 5.10 Å². The molecule has 10 heteroatoms. The fourth-order valence-electron chi connectivity index (χ4n) is 2.12. The maximum absolute atomic E-state index is 12.1. The molecule has 2 N–H and O–H groups in total. The third-order valence-electron chi connectivity index (χ3n) is 3.14. The van der Waals surface area contributed by atoms with E-state index in [0.717, 1.165) is 39.1 Å². The Morgan fingerprint density at radius 1 is 1.40 bits per heavy atom. The van der Waals surface area contributed by atoms with Crippen molar-refractivity contribution in [3.8, 4) is 0 Å². The van der Waals surface area contributed by atoms with Crippen LogP contribution in [-0.2, 0) is 17.1 Å². The lowest BCUT2D eigenvalue weighted by Crippen LogP contribution is -2.44. The molecule has 0 radical (unpaired) electrons. The summed E-state index contributed by atoms with van der Waals surface area (Å²) in [5, 5.41) is 10.7. The zero-order valence-electron chi connectivity index (χ0n) is 11.3. The van der Waals surface area contributed by atoms with E-state index in [4.69, 9.17) is 0 Å². The Labute approximate surface area is 127 Å². The standard InChI is InChI=1S/C10H19BrN6O2S/c1-16-10(9(11)14-15-16)20(18,19)13-3-2-6-17-7-4-12-5-8-17/h12-13H,2-8H2,1H3. The second-order valence-corrected chi connectivity index (χ2v) is 7.09. The molecular formula is C10H19BrN6O2S. The van der Waals surface area contributed by atoms with Gasteiger partial charge in [0.1, 0.15) is 0 Å². The van der Waals surface area contributed by atoms with Crippen LogP contribution in [0.3, 0.4) is 0 Å². The number of halogens is 1. The van der Waals surface area contributed by atoms with Crippen molar-refractivity contribution in [2.24, 2.45) is 7.05 Å². The Bertz CT molecular complexity index is 520. The van der Waals surface area contributed by atoms with Gasteiger partial charge in [0, 0.05) is 39.8 Å². The van der Waals surface area contributed by atoms with Crippen LogP contribution in [0.2, 0.25) is 0 Å². The molecule has 0 spiro atoms. The summed E-state index contributed by atoms with van der Waals surface area (Å²) < 4.78 is 28.3. The molecule has 2 rings (SSSR count). The van der Waals surface area contributed by atoms with Crippen molar-refractivity contribution >= 4 is 26.0 Å². The Morgan fingerprint density at radius 2 is 2.10 bits per heavy atom. The minimum Gasteiger partial charge on any atom is -0.314 e. The van der Waals surface area contributed by atoms with Crippen LogP contribution in [0.5, 0.6) is 0 Å². The largest absolute Gasteiger partial charge is 0.314 e. The molecule has 0 bridgehead atoms. The lowest BCUT2D eigenvalue weighted by molar-refractivity contribution is 0.239. The average molecular weight is 367 g/mol. The molecule has 1 aromatic heterocycles. The number of aromatic nitrogens is 3. The molecule has 1 aliphatic heterocycles. The smallest absolute Gasteiger partial charge is 0.260 e. The van der Waals surface area contributed by atoms with Crippen LogP contribution in [0.1, 0.15) is 6.42 Å². The van der Waals surface area contributed by atoms with Crippen molar-refractivity contribution in [3.05, 3.63) is 4.60 Å². The van der Waals surface area contributed by atoms with Crippen LogP contribution in [0.25, 0.3) is 0 Å². The van der Waals surface area contributed by atoms with Crippen molar-refractivity contribution in [1.29, 1.82) is 0 Å². The van der Waals surface area contributed by atoms with E-state index < -0.39 is 10.0 Å². The maximum atomic E-state index is 12.1. The molecule has 8 nitrogen and oxygen atoms in total. The fraction of sp³-hybridized carbons (Fsp3) is 0.800. The van der Waals surface area contributed by atoms with E-state index in [1.165, 1.54) is 4.68 Å². The van der Waals surface area contributed by atoms with Crippen molar-refractivity contribution in [1.82, 2.24) is 29.9 Å². The van der Waals surface area contributed by atoms with Gasteiger partial charge >= 0.3 is 0 Å². The third kappa shape index (κ3) is 3.98. The van der Waals surface area contributed by atoms with Gasteiger partial charge in [0.15, 0.2) is 4.60 Å². The monoisotopic (exact) mass is 366 g/mol. The van der Waals surface area contributed by atoms with Crippen LogP contribution in [0, 0.1) is 0 Å². The molecule has 0 aromatic carbocycles. The summed E-state index contributed by atoms with van der Waals surface area (Å²) in [6.45, 7) is 5.34. The van der Waals surface area contributed by atoms with Gasteiger partial charge in [-0.05, 0) is 28.9 Å². The Balaban J connectivity index is 1.81. The number of nitrogens with zero attached hydrogens (tertiary/aromatic N) is 4.